The number of anilines is 1. The summed E-state index contributed by atoms with van der Waals surface area (Å²) in [6, 6.07) is 6.35. The summed E-state index contributed by atoms with van der Waals surface area (Å²) in [6.07, 6.45) is 3.63. The van der Waals surface area contributed by atoms with Crippen LogP contribution in [0.4, 0.5) is 5.69 Å². The summed E-state index contributed by atoms with van der Waals surface area (Å²) < 4.78 is 11.1. The molecule has 0 aromatic heterocycles. The average Bonchev–Trinajstić information content (AvgIpc) is 2.61. The number of hydrogen-bond donors (Lipinski definition) is 2. The van der Waals surface area contributed by atoms with Gasteiger partial charge in [-0.3, -0.25) is 4.99 Å². The van der Waals surface area contributed by atoms with E-state index in [1.807, 2.05) is 0 Å². The summed E-state index contributed by atoms with van der Waals surface area (Å²) in [5, 5.41) is 3.30. The third-order valence-corrected chi connectivity index (χ3v) is 4.63. The molecule has 0 saturated carbocycles. The van der Waals surface area contributed by atoms with Crippen molar-refractivity contribution in [2.75, 3.05) is 32.2 Å². The molecule has 23 heavy (non-hydrogen) atoms. The Labute approximate surface area is 139 Å². The summed E-state index contributed by atoms with van der Waals surface area (Å²) >= 11 is 0. The zero-order chi connectivity index (χ0) is 16.7. The van der Waals surface area contributed by atoms with Crippen molar-refractivity contribution in [2.45, 2.75) is 45.1 Å². The third-order valence-electron chi connectivity index (χ3n) is 4.63. The summed E-state index contributed by atoms with van der Waals surface area (Å²) in [7, 11) is 1.74. The Morgan fingerprint density at radius 1 is 1.26 bits per heavy atom. The van der Waals surface area contributed by atoms with E-state index in [4.69, 9.17) is 15.2 Å². The standard InChI is InChI=1S/C18H29N3O2/c1-4-14-7-6-8-15(5-2)16(14)21-17(19)20-13-18(22-3)9-11-23-12-10-18/h6-8H,4-5,9-13H2,1-3H3,(H3,19,20,21). The largest absolute Gasteiger partial charge is 0.381 e. The molecule has 3 N–H and O–H groups in total. The second-order valence-electron chi connectivity index (χ2n) is 5.98. The third kappa shape index (κ3) is 4.45. The van der Waals surface area contributed by atoms with Gasteiger partial charge in [-0.25, -0.2) is 0 Å². The summed E-state index contributed by atoms with van der Waals surface area (Å²) in [4.78, 5) is 4.54. The monoisotopic (exact) mass is 319 g/mol. The maximum Gasteiger partial charge on any atom is 0.193 e. The van der Waals surface area contributed by atoms with Crippen LogP contribution in [0.5, 0.6) is 0 Å². The van der Waals surface area contributed by atoms with Crippen LogP contribution < -0.4 is 11.1 Å². The predicted molar refractivity (Wildman–Crippen MR) is 95.1 cm³/mol. The topological polar surface area (TPSA) is 68.9 Å². The molecule has 5 nitrogen and oxygen atoms in total. The zero-order valence-electron chi connectivity index (χ0n) is 14.5. The Kier molecular flexibility index (Phi) is 6.42. The van der Waals surface area contributed by atoms with Crippen LogP contribution >= 0.6 is 0 Å². The molecular formula is C18H29N3O2. The number of nitrogens with zero attached hydrogens (tertiary/aromatic N) is 1. The molecular weight excluding hydrogens is 290 g/mol. The Morgan fingerprint density at radius 3 is 2.39 bits per heavy atom. The van der Waals surface area contributed by atoms with Gasteiger partial charge in [-0.05, 0) is 24.0 Å². The molecule has 0 bridgehead atoms. The van der Waals surface area contributed by atoms with Crippen molar-refractivity contribution in [3.05, 3.63) is 29.3 Å². The van der Waals surface area contributed by atoms with E-state index in [0.717, 1.165) is 44.6 Å². The fourth-order valence-electron chi connectivity index (χ4n) is 2.97. The molecule has 1 fully saturated rings. The first kappa shape index (κ1) is 17.8. The van der Waals surface area contributed by atoms with Crippen molar-refractivity contribution in [3.8, 4) is 0 Å². The molecule has 0 amide bonds. The van der Waals surface area contributed by atoms with E-state index in [1.165, 1.54) is 11.1 Å². The number of benzene rings is 1. The Hall–Kier alpha value is -1.59. The molecule has 0 aliphatic carbocycles. The molecule has 0 unspecified atom stereocenters. The summed E-state index contributed by atoms with van der Waals surface area (Å²) in [6.45, 7) is 6.29. The van der Waals surface area contributed by atoms with E-state index >= 15 is 0 Å². The first-order valence-electron chi connectivity index (χ1n) is 8.44. The smallest absolute Gasteiger partial charge is 0.193 e. The van der Waals surface area contributed by atoms with Crippen molar-refractivity contribution in [2.24, 2.45) is 10.7 Å². The van der Waals surface area contributed by atoms with E-state index < -0.39 is 0 Å². The van der Waals surface area contributed by atoms with E-state index in [-0.39, 0.29) is 5.60 Å². The molecule has 128 valence electrons. The van der Waals surface area contributed by atoms with Crippen molar-refractivity contribution >= 4 is 11.6 Å². The van der Waals surface area contributed by atoms with E-state index in [1.54, 1.807) is 7.11 Å². The summed E-state index contributed by atoms with van der Waals surface area (Å²) in [5.74, 6) is 0.448. The van der Waals surface area contributed by atoms with Crippen molar-refractivity contribution in [1.29, 1.82) is 0 Å². The quantitative estimate of drug-likeness (QED) is 0.625. The van der Waals surface area contributed by atoms with Crippen molar-refractivity contribution in [3.63, 3.8) is 0 Å². The van der Waals surface area contributed by atoms with Crippen LogP contribution in [0, 0.1) is 0 Å². The maximum atomic E-state index is 6.14. The average molecular weight is 319 g/mol. The van der Waals surface area contributed by atoms with Gasteiger partial charge in [0.2, 0.25) is 0 Å². The van der Waals surface area contributed by atoms with Gasteiger partial charge in [0.1, 0.15) is 0 Å². The van der Waals surface area contributed by atoms with Gasteiger partial charge >= 0.3 is 0 Å². The van der Waals surface area contributed by atoms with Crippen LogP contribution in [0.2, 0.25) is 0 Å². The molecule has 1 aromatic carbocycles. The minimum Gasteiger partial charge on any atom is -0.381 e. The van der Waals surface area contributed by atoms with Crippen LogP contribution in [0.15, 0.2) is 23.2 Å². The van der Waals surface area contributed by atoms with Gasteiger partial charge in [0, 0.05) is 38.9 Å². The minimum atomic E-state index is -0.248. The fourth-order valence-corrected chi connectivity index (χ4v) is 2.97. The molecule has 0 spiro atoms. The van der Waals surface area contributed by atoms with Crippen LogP contribution in [-0.4, -0.2) is 38.4 Å². The molecule has 1 aliphatic heterocycles. The predicted octanol–water partition coefficient (Wildman–Crippen LogP) is 2.73. The second kappa shape index (κ2) is 8.31. The Bertz CT molecular complexity index is 515. The number of hydrogen-bond acceptors (Lipinski definition) is 3. The number of guanidine groups is 1. The maximum absolute atomic E-state index is 6.14. The lowest BCUT2D eigenvalue weighted by Crippen LogP contribution is -2.42. The highest BCUT2D eigenvalue weighted by atomic mass is 16.5. The first-order chi connectivity index (χ1) is 11.1. The first-order valence-corrected chi connectivity index (χ1v) is 8.44. The molecule has 0 atom stereocenters. The fraction of sp³-hybridized carbons (Fsp3) is 0.611. The van der Waals surface area contributed by atoms with Gasteiger partial charge in [-0.1, -0.05) is 32.0 Å². The highest BCUT2D eigenvalue weighted by Crippen LogP contribution is 2.25. The number of aryl methyl sites for hydroxylation is 2. The summed E-state index contributed by atoms with van der Waals surface area (Å²) in [5.41, 5.74) is 9.50. The van der Waals surface area contributed by atoms with Gasteiger partial charge in [0.05, 0.1) is 12.1 Å². The number of nitrogens with two attached hydrogens (primary N) is 1. The molecule has 1 aromatic rings. The number of ether oxygens (including phenoxy) is 2. The second-order valence-corrected chi connectivity index (χ2v) is 5.98. The molecule has 5 heteroatoms. The van der Waals surface area contributed by atoms with Crippen molar-refractivity contribution < 1.29 is 9.47 Å². The van der Waals surface area contributed by atoms with Gasteiger partial charge < -0.3 is 20.5 Å². The van der Waals surface area contributed by atoms with Crippen LogP contribution in [0.3, 0.4) is 0 Å². The lowest BCUT2D eigenvalue weighted by Gasteiger charge is -2.34. The molecule has 1 saturated heterocycles. The Morgan fingerprint density at radius 2 is 1.87 bits per heavy atom. The van der Waals surface area contributed by atoms with E-state index in [9.17, 15) is 0 Å². The van der Waals surface area contributed by atoms with Gasteiger partial charge in [-0.2, -0.15) is 0 Å². The SMILES string of the molecule is CCc1cccc(CC)c1NC(N)=NCC1(OC)CCOCC1. The highest BCUT2D eigenvalue weighted by Gasteiger charge is 2.32. The number of methoxy groups -OCH3 is 1. The normalized spacial score (nSPS) is 18.0. The number of rotatable bonds is 6. The zero-order valence-corrected chi connectivity index (χ0v) is 14.5. The lowest BCUT2D eigenvalue weighted by molar-refractivity contribution is -0.0828. The van der Waals surface area contributed by atoms with E-state index in [2.05, 4.69) is 42.4 Å². The van der Waals surface area contributed by atoms with Crippen molar-refractivity contribution in [1.82, 2.24) is 0 Å². The minimum absolute atomic E-state index is 0.248. The van der Waals surface area contributed by atoms with Crippen LogP contribution in [-0.2, 0) is 22.3 Å². The molecule has 1 aliphatic rings. The van der Waals surface area contributed by atoms with Crippen LogP contribution in [0.1, 0.15) is 37.8 Å². The van der Waals surface area contributed by atoms with Gasteiger partial charge in [0.25, 0.3) is 0 Å². The number of aliphatic imine (C=N–C) groups is 1. The molecule has 0 radical (unpaired) electrons. The molecule has 1 heterocycles. The lowest BCUT2D eigenvalue weighted by atomic mass is 9.94. The Balaban J connectivity index is 2.10. The van der Waals surface area contributed by atoms with Crippen LogP contribution in [0.25, 0.3) is 0 Å². The van der Waals surface area contributed by atoms with Gasteiger partial charge in [-0.15, -0.1) is 0 Å². The highest BCUT2D eigenvalue weighted by molar-refractivity contribution is 5.93. The van der Waals surface area contributed by atoms with E-state index in [0.29, 0.717) is 12.5 Å². The number of para-hydroxylation sites is 1. The van der Waals surface area contributed by atoms with Gasteiger partial charge in [0.15, 0.2) is 5.96 Å². The molecule has 2 rings (SSSR count). The number of nitrogens with one attached hydrogen (secondary N) is 1.